The van der Waals surface area contributed by atoms with Gasteiger partial charge in [0.15, 0.2) is 0 Å². The number of aliphatic hydroxyl groups excluding tert-OH is 1. The molecule has 1 spiro atoms. The lowest BCUT2D eigenvalue weighted by Crippen LogP contribution is -2.51. The molecule has 1 aromatic carbocycles. The van der Waals surface area contributed by atoms with Gasteiger partial charge in [0.05, 0.1) is 6.61 Å². The van der Waals surface area contributed by atoms with Crippen LogP contribution in [0.5, 0.6) is 0 Å². The van der Waals surface area contributed by atoms with Gasteiger partial charge in [-0.1, -0.05) is 23.7 Å². The van der Waals surface area contributed by atoms with Crippen molar-refractivity contribution < 1.29 is 9.90 Å². The number of benzene rings is 1. The zero-order valence-corrected chi connectivity index (χ0v) is 14.3. The summed E-state index contributed by atoms with van der Waals surface area (Å²) in [6.07, 6.45) is 3.91. The van der Waals surface area contributed by atoms with Gasteiger partial charge in [-0.3, -0.25) is 9.69 Å². The average molecular weight is 337 g/mol. The summed E-state index contributed by atoms with van der Waals surface area (Å²) in [7, 11) is 0. The molecule has 2 heterocycles. The molecule has 0 atom stereocenters. The molecule has 2 fully saturated rings. The summed E-state index contributed by atoms with van der Waals surface area (Å²) < 4.78 is 0. The lowest BCUT2D eigenvalue weighted by atomic mass is 9.72. The monoisotopic (exact) mass is 336 g/mol. The van der Waals surface area contributed by atoms with Crippen LogP contribution >= 0.6 is 11.6 Å². The summed E-state index contributed by atoms with van der Waals surface area (Å²) in [5, 5.41) is 9.92. The van der Waals surface area contributed by atoms with Crippen LogP contribution in [-0.4, -0.2) is 53.6 Å². The van der Waals surface area contributed by atoms with E-state index < -0.39 is 0 Å². The van der Waals surface area contributed by atoms with Crippen LogP contribution in [0, 0.1) is 5.41 Å². The molecular weight excluding hydrogens is 312 g/mol. The SMILES string of the molecule is O=C1CCC2(CCN(Cc3ccc(Cl)cc3)CC2)CN1CCO. The van der Waals surface area contributed by atoms with Crippen LogP contribution in [0.1, 0.15) is 31.2 Å². The Labute approximate surface area is 143 Å². The highest BCUT2D eigenvalue weighted by atomic mass is 35.5. The topological polar surface area (TPSA) is 43.8 Å². The van der Waals surface area contributed by atoms with E-state index in [9.17, 15) is 4.79 Å². The first-order chi connectivity index (χ1) is 11.1. The molecule has 0 saturated carbocycles. The standard InChI is InChI=1S/C18H25ClN2O2/c19-16-3-1-15(2-4-16)13-20-9-7-18(8-10-20)6-5-17(23)21(14-18)11-12-22/h1-4,22H,5-14H2. The quantitative estimate of drug-likeness (QED) is 0.919. The van der Waals surface area contributed by atoms with E-state index in [1.54, 1.807) is 0 Å². The lowest BCUT2D eigenvalue weighted by molar-refractivity contribution is -0.139. The van der Waals surface area contributed by atoms with Gasteiger partial charge in [-0.05, 0) is 55.5 Å². The number of hydrogen-bond acceptors (Lipinski definition) is 3. The van der Waals surface area contributed by atoms with Gasteiger partial charge in [0.2, 0.25) is 5.91 Å². The van der Waals surface area contributed by atoms with Gasteiger partial charge in [-0.2, -0.15) is 0 Å². The Morgan fingerprint density at radius 3 is 2.48 bits per heavy atom. The molecule has 23 heavy (non-hydrogen) atoms. The Kier molecular flexibility index (Phi) is 5.24. The van der Waals surface area contributed by atoms with Gasteiger partial charge in [0.1, 0.15) is 0 Å². The molecule has 126 valence electrons. The summed E-state index contributed by atoms with van der Waals surface area (Å²) in [4.78, 5) is 16.3. The minimum atomic E-state index is 0.0600. The summed E-state index contributed by atoms with van der Waals surface area (Å²) in [6.45, 7) is 4.47. The van der Waals surface area contributed by atoms with Crippen molar-refractivity contribution >= 4 is 17.5 Å². The van der Waals surface area contributed by atoms with E-state index >= 15 is 0 Å². The van der Waals surface area contributed by atoms with Crippen LogP contribution in [0.25, 0.3) is 0 Å². The van der Waals surface area contributed by atoms with Gasteiger partial charge in [0.25, 0.3) is 0 Å². The van der Waals surface area contributed by atoms with E-state index in [1.165, 1.54) is 5.56 Å². The van der Waals surface area contributed by atoms with Crippen LogP contribution in [0.15, 0.2) is 24.3 Å². The Morgan fingerprint density at radius 1 is 1.13 bits per heavy atom. The Balaban J connectivity index is 1.55. The van der Waals surface area contributed by atoms with Crippen molar-refractivity contribution in [2.45, 2.75) is 32.2 Å². The van der Waals surface area contributed by atoms with Crippen molar-refractivity contribution in [1.82, 2.24) is 9.80 Å². The summed E-state index contributed by atoms with van der Waals surface area (Å²) in [5.41, 5.74) is 1.56. The molecule has 2 saturated heterocycles. The Morgan fingerprint density at radius 2 is 1.83 bits per heavy atom. The molecule has 2 aliphatic heterocycles. The summed E-state index contributed by atoms with van der Waals surface area (Å²) in [6, 6.07) is 8.08. The first-order valence-corrected chi connectivity index (χ1v) is 8.83. The molecule has 0 unspecified atom stereocenters. The molecule has 3 rings (SSSR count). The van der Waals surface area contributed by atoms with Crippen molar-refractivity contribution in [3.63, 3.8) is 0 Å². The van der Waals surface area contributed by atoms with Crippen LogP contribution in [0.2, 0.25) is 5.02 Å². The molecule has 1 amide bonds. The number of hydrogen-bond donors (Lipinski definition) is 1. The van der Waals surface area contributed by atoms with Gasteiger partial charge < -0.3 is 10.0 Å². The zero-order valence-electron chi connectivity index (χ0n) is 13.5. The summed E-state index contributed by atoms with van der Waals surface area (Å²) >= 11 is 5.94. The van der Waals surface area contributed by atoms with Crippen LogP contribution in [0.4, 0.5) is 0 Å². The molecule has 2 aliphatic rings. The van der Waals surface area contributed by atoms with Crippen LogP contribution < -0.4 is 0 Å². The third-order valence-corrected chi connectivity index (χ3v) is 5.61. The van der Waals surface area contributed by atoms with Crippen LogP contribution in [0.3, 0.4) is 0 Å². The molecule has 0 aliphatic carbocycles. The van der Waals surface area contributed by atoms with Gasteiger partial charge >= 0.3 is 0 Å². The van der Waals surface area contributed by atoms with E-state index in [2.05, 4.69) is 17.0 Å². The second-order valence-electron chi connectivity index (χ2n) is 6.94. The maximum atomic E-state index is 11.9. The number of halogens is 1. The maximum Gasteiger partial charge on any atom is 0.222 e. The first-order valence-electron chi connectivity index (χ1n) is 8.46. The highest BCUT2D eigenvalue weighted by molar-refractivity contribution is 6.30. The minimum absolute atomic E-state index is 0.0600. The number of likely N-dealkylation sites (tertiary alicyclic amines) is 2. The number of β-amino-alcohol motifs (C(OH)–C–C–N with tert-alkyl or cyclic N) is 1. The number of amides is 1. The molecule has 5 heteroatoms. The van der Waals surface area contributed by atoms with Gasteiger partial charge in [0, 0.05) is 31.1 Å². The van der Waals surface area contributed by atoms with Crippen molar-refractivity contribution in [3.8, 4) is 0 Å². The molecule has 0 bridgehead atoms. The minimum Gasteiger partial charge on any atom is -0.395 e. The zero-order chi connectivity index (χ0) is 16.3. The van der Waals surface area contributed by atoms with E-state index in [0.29, 0.717) is 13.0 Å². The van der Waals surface area contributed by atoms with Crippen molar-refractivity contribution in [3.05, 3.63) is 34.9 Å². The molecule has 4 nitrogen and oxygen atoms in total. The molecule has 0 radical (unpaired) electrons. The van der Waals surface area contributed by atoms with Crippen molar-refractivity contribution in [2.75, 3.05) is 32.8 Å². The number of nitrogens with zero attached hydrogens (tertiary/aromatic N) is 2. The molecule has 1 aromatic rings. The van der Waals surface area contributed by atoms with Crippen LogP contribution in [-0.2, 0) is 11.3 Å². The van der Waals surface area contributed by atoms with E-state index in [-0.39, 0.29) is 17.9 Å². The fraction of sp³-hybridized carbons (Fsp3) is 0.611. The van der Waals surface area contributed by atoms with E-state index in [1.807, 2.05) is 17.0 Å². The van der Waals surface area contributed by atoms with Gasteiger partial charge in [-0.25, -0.2) is 0 Å². The number of carbonyl (C=O) groups is 1. The highest BCUT2D eigenvalue weighted by Crippen LogP contribution is 2.40. The second kappa shape index (κ2) is 7.20. The normalized spacial score (nSPS) is 21.8. The number of aliphatic hydroxyl groups is 1. The number of rotatable bonds is 4. The first kappa shape index (κ1) is 16.7. The smallest absolute Gasteiger partial charge is 0.222 e. The van der Waals surface area contributed by atoms with Gasteiger partial charge in [-0.15, -0.1) is 0 Å². The maximum absolute atomic E-state index is 11.9. The fourth-order valence-corrected chi connectivity index (χ4v) is 3.99. The number of piperidine rings is 2. The fourth-order valence-electron chi connectivity index (χ4n) is 3.87. The lowest BCUT2D eigenvalue weighted by Gasteiger charge is -2.47. The highest BCUT2D eigenvalue weighted by Gasteiger charge is 2.40. The second-order valence-corrected chi connectivity index (χ2v) is 7.38. The average Bonchev–Trinajstić information content (AvgIpc) is 2.56. The predicted molar refractivity (Wildman–Crippen MR) is 91.3 cm³/mol. The molecular formula is C18H25ClN2O2. The Bertz CT molecular complexity index is 538. The molecule has 1 N–H and O–H groups in total. The van der Waals surface area contributed by atoms with Crippen molar-refractivity contribution in [1.29, 1.82) is 0 Å². The van der Waals surface area contributed by atoms with E-state index in [0.717, 1.165) is 50.5 Å². The van der Waals surface area contributed by atoms with E-state index in [4.69, 9.17) is 16.7 Å². The largest absolute Gasteiger partial charge is 0.395 e. The Hall–Kier alpha value is -1.10. The predicted octanol–water partition coefficient (Wildman–Crippen LogP) is 2.54. The van der Waals surface area contributed by atoms with Crippen molar-refractivity contribution in [2.24, 2.45) is 5.41 Å². The summed E-state index contributed by atoms with van der Waals surface area (Å²) in [5.74, 6) is 0.202. The number of carbonyl (C=O) groups excluding carboxylic acids is 1. The third-order valence-electron chi connectivity index (χ3n) is 5.35. The molecule has 0 aromatic heterocycles. The third kappa shape index (κ3) is 4.06.